The van der Waals surface area contributed by atoms with E-state index in [9.17, 15) is 0 Å². The SMILES string of the molecule is CC(=C1C=CC=C1)c1cccc(C(C)=C2C=CC=C2)c1. The molecular formula is C20H18. The number of hydrogen-bond donors (Lipinski definition) is 0. The lowest BCUT2D eigenvalue weighted by atomic mass is 9.96. The summed E-state index contributed by atoms with van der Waals surface area (Å²) in [5, 5.41) is 0. The highest BCUT2D eigenvalue weighted by molar-refractivity contribution is 5.78. The molecule has 0 N–H and O–H groups in total. The monoisotopic (exact) mass is 258 g/mol. The molecule has 3 rings (SSSR count). The van der Waals surface area contributed by atoms with E-state index in [4.69, 9.17) is 0 Å². The largest absolute Gasteiger partial charge is 0.0616 e. The van der Waals surface area contributed by atoms with Crippen LogP contribution in [0.15, 0.2) is 84.0 Å². The van der Waals surface area contributed by atoms with Crippen LogP contribution in [0.25, 0.3) is 11.1 Å². The first-order valence-electron chi connectivity index (χ1n) is 6.98. The van der Waals surface area contributed by atoms with E-state index in [1.54, 1.807) is 0 Å². The van der Waals surface area contributed by atoms with Crippen molar-refractivity contribution in [2.24, 2.45) is 0 Å². The number of rotatable bonds is 2. The summed E-state index contributed by atoms with van der Waals surface area (Å²) >= 11 is 0. The molecule has 2 aliphatic rings. The van der Waals surface area contributed by atoms with Gasteiger partial charge in [-0.2, -0.15) is 0 Å². The van der Waals surface area contributed by atoms with Crippen LogP contribution in [-0.4, -0.2) is 0 Å². The van der Waals surface area contributed by atoms with Gasteiger partial charge < -0.3 is 0 Å². The standard InChI is InChI=1S/C20H18/c1-15(17-8-3-4-9-17)19-12-7-13-20(14-19)16(2)18-10-5-6-11-18/h3-14H,1-2H3. The third kappa shape index (κ3) is 2.37. The Bertz CT molecular complexity index is 629. The normalized spacial score (nSPS) is 15.5. The summed E-state index contributed by atoms with van der Waals surface area (Å²) in [6.07, 6.45) is 17.0. The molecule has 0 unspecified atom stereocenters. The van der Waals surface area contributed by atoms with Gasteiger partial charge in [0.2, 0.25) is 0 Å². The summed E-state index contributed by atoms with van der Waals surface area (Å²) in [6.45, 7) is 4.37. The van der Waals surface area contributed by atoms with Crippen molar-refractivity contribution >= 4 is 11.1 Å². The third-order valence-corrected chi connectivity index (χ3v) is 3.92. The molecule has 0 spiro atoms. The zero-order chi connectivity index (χ0) is 13.9. The zero-order valence-electron chi connectivity index (χ0n) is 11.9. The van der Waals surface area contributed by atoms with Gasteiger partial charge in [0.15, 0.2) is 0 Å². The van der Waals surface area contributed by atoms with E-state index in [1.807, 2.05) is 0 Å². The fraction of sp³-hybridized carbons (Fsp3) is 0.100. The molecule has 0 aromatic heterocycles. The highest BCUT2D eigenvalue weighted by Crippen LogP contribution is 2.27. The molecule has 1 aromatic carbocycles. The summed E-state index contributed by atoms with van der Waals surface area (Å²) in [5.41, 5.74) is 7.83. The Morgan fingerprint density at radius 3 is 1.45 bits per heavy atom. The fourth-order valence-corrected chi connectivity index (χ4v) is 2.57. The van der Waals surface area contributed by atoms with E-state index in [-0.39, 0.29) is 0 Å². The van der Waals surface area contributed by atoms with Crippen LogP contribution in [0, 0.1) is 0 Å². The number of benzene rings is 1. The fourth-order valence-electron chi connectivity index (χ4n) is 2.57. The molecule has 0 saturated carbocycles. The predicted octanol–water partition coefficient (Wildman–Crippen LogP) is 5.49. The highest BCUT2D eigenvalue weighted by atomic mass is 14.1. The highest BCUT2D eigenvalue weighted by Gasteiger charge is 2.06. The minimum absolute atomic E-state index is 1.29. The van der Waals surface area contributed by atoms with E-state index in [1.165, 1.54) is 33.4 Å². The molecule has 0 amide bonds. The Balaban J connectivity index is 2.03. The van der Waals surface area contributed by atoms with Crippen LogP contribution >= 0.6 is 0 Å². The Morgan fingerprint density at radius 2 is 1.05 bits per heavy atom. The van der Waals surface area contributed by atoms with Crippen molar-refractivity contribution in [2.45, 2.75) is 13.8 Å². The average molecular weight is 258 g/mol. The quantitative estimate of drug-likeness (QED) is 0.658. The van der Waals surface area contributed by atoms with Crippen molar-refractivity contribution in [3.05, 3.63) is 95.1 Å². The van der Waals surface area contributed by atoms with Crippen LogP contribution in [0.1, 0.15) is 25.0 Å². The minimum Gasteiger partial charge on any atom is -0.0616 e. The predicted molar refractivity (Wildman–Crippen MR) is 88.2 cm³/mol. The lowest BCUT2D eigenvalue weighted by molar-refractivity contribution is 1.48. The smallest absolute Gasteiger partial charge is 0.0215 e. The molecule has 0 saturated heterocycles. The summed E-state index contributed by atoms with van der Waals surface area (Å²) < 4.78 is 0. The molecule has 1 aromatic rings. The van der Waals surface area contributed by atoms with Gasteiger partial charge >= 0.3 is 0 Å². The average Bonchev–Trinajstić information content (AvgIpc) is 3.18. The van der Waals surface area contributed by atoms with Gasteiger partial charge in [-0.15, -0.1) is 0 Å². The zero-order valence-corrected chi connectivity index (χ0v) is 11.9. The maximum absolute atomic E-state index is 2.28. The van der Waals surface area contributed by atoms with Crippen LogP contribution in [0.5, 0.6) is 0 Å². The summed E-state index contributed by atoms with van der Waals surface area (Å²) in [4.78, 5) is 0. The van der Waals surface area contributed by atoms with Gasteiger partial charge in [-0.05, 0) is 53.3 Å². The topological polar surface area (TPSA) is 0 Å². The van der Waals surface area contributed by atoms with Crippen molar-refractivity contribution in [2.75, 3.05) is 0 Å². The molecule has 0 bridgehead atoms. The Morgan fingerprint density at radius 1 is 0.650 bits per heavy atom. The number of allylic oxidation sites excluding steroid dienone is 12. The summed E-state index contributed by atoms with van der Waals surface area (Å²) in [5.74, 6) is 0. The molecule has 98 valence electrons. The van der Waals surface area contributed by atoms with Crippen LogP contribution in [0.2, 0.25) is 0 Å². The lowest BCUT2D eigenvalue weighted by Crippen LogP contribution is -1.88. The van der Waals surface area contributed by atoms with E-state index in [0.717, 1.165) is 0 Å². The van der Waals surface area contributed by atoms with Crippen LogP contribution in [0.4, 0.5) is 0 Å². The Kier molecular flexibility index (Phi) is 3.39. The maximum Gasteiger partial charge on any atom is -0.0215 e. The van der Waals surface area contributed by atoms with Crippen molar-refractivity contribution in [3.8, 4) is 0 Å². The molecule has 2 aliphatic carbocycles. The van der Waals surface area contributed by atoms with Crippen molar-refractivity contribution < 1.29 is 0 Å². The second kappa shape index (κ2) is 5.34. The van der Waals surface area contributed by atoms with Crippen LogP contribution < -0.4 is 0 Å². The first-order valence-corrected chi connectivity index (χ1v) is 6.98. The summed E-state index contributed by atoms with van der Waals surface area (Å²) in [7, 11) is 0. The second-order valence-electron chi connectivity index (χ2n) is 5.18. The molecular weight excluding hydrogens is 240 g/mol. The van der Waals surface area contributed by atoms with E-state index >= 15 is 0 Å². The molecule has 20 heavy (non-hydrogen) atoms. The van der Waals surface area contributed by atoms with Gasteiger partial charge in [0.25, 0.3) is 0 Å². The van der Waals surface area contributed by atoms with Crippen molar-refractivity contribution in [3.63, 3.8) is 0 Å². The number of hydrogen-bond acceptors (Lipinski definition) is 0. The molecule has 0 fully saturated rings. The second-order valence-corrected chi connectivity index (χ2v) is 5.18. The first-order chi connectivity index (χ1) is 9.75. The molecule has 0 heterocycles. The van der Waals surface area contributed by atoms with Gasteiger partial charge in [0, 0.05) is 0 Å². The van der Waals surface area contributed by atoms with E-state index in [2.05, 4.69) is 86.7 Å². The Labute approximate surface area is 120 Å². The molecule has 0 nitrogen and oxygen atoms in total. The maximum atomic E-state index is 2.28. The molecule has 0 atom stereocenters. The van der Waals surface area contributed by atoms with Gasteiger partial charge in [0.1, 0.15) is 0 Å². The van der Waals surface area contributed by atoms with Gasteiger partial charge in [0.05, 0.1) is 0 Å². The first kappa shape index (κ1) is 12.7. The van der Waals surface area contributed by atoms with E-state index < -0.39 is 0 Å². The Hall–Kier alpha value is -2.34. The van der Waals surface area contributed by atoms with Crippen LogP contribution in [-0.2, 0) is 0 Å². The molecule has 0 heteroatoms. The van der Waals surface area contributed by atoms with Crippen LogP contribution in [0.3, 0.4) is 0 Å². The summed E-state index contributed by atoms with van der Waals surface area (Å²) in [6, 6.07) is 8.79. The van der Waals surface area contributed by atoms with E-state index in [0.29, 0.717) is 0 Å². The van der Waals surface area contributed by atoms with Crippen molar-refractivity contribution in [1.82, 2.24) is 0 Å². The molecule has 0 radical (unpaired) electrons. The minimum atomic E-state index is 1.29. The molecule has 0 aliphatic heterocycles. The van der Waals surface area contributed by atoms with Crippen molar-refractivity contribution in [1.29, 1.82) is 0 Å². The van der Waals surface area contributed by atoms with Gasteiger partial charge in [-0.3, -0.25) is 0 Å². The van der Waals surface area contributed by atoms with Gasteiger partial charge in [-0.25, -0.2) is 0 Å². The third-order valence-electron chi connectivity index (χ3n) is 3.92. The van der Waals surface area contributed by atoms with Gasteiger partial charge in [-0.1, -0.05) is 66.8 Å². The lowest BCUT2D eigenvalue weighted by Gasteiger charge is -2.09.